The van der Waals surface area contributed by atoms with E-state index in [2.05, 4.69) is 33.4 Å². The van der Waals surface area contributed by atoms with E-state index in [9.17, 15) is 5.11 Å². The summed E-state index contributed by atoms with van der Waals surface area (Å²) < 4.78 is 1.09. The Morgan fingerprint density at radius 2 is 2.12 bits per heavy atom. The molecule has 1 aromatic carbocycles. The van der Waals surface area contributed by atoms with Gasteiger partial charge in [-0.1, -0.05) is 41.9 Å². The van der Waals surface area contributed by atoms with Crippen molar-refractivity contribution in [2.45, 2.75) is 32.9 Å². The Balaban J connectivity index is 2.42. The minimum atomic E-state index is -0.647. The van der Waals surface area contributed by atoms with E-state index in [-0.39, 0.29) is 5.92 Å². The van der Waals surface area contributed by atoms with Gasteiger partial charge in [-0.25, -0.2) is 0 Å². The largest absolute Gasteiger partial charge is 0.389 e. The van der Waals surface area contributed by atoms with Crippen LogP contribution in [0.3, 0.4) is 0 Å². The maximum absolute atomic E-state index is 10.1. The summed E-state index contributed by atoms with van der Waals surface area (Å²) in [6.45, 7) is 7.31. The molecule has 0 aromatic heterocycles. The van der Waals surface area contributed by atoms with Crippen molar-refractivity contribution in [3.8, 4) is 0 Å². The maximum atomic E-state index is 10.1. The van der Waals surface area contributed by atoms with Gasteiger partial charge in [0.25, 0.3) is 0 Å². The van der Waals surface area contributed by atoms with Crippen LogP contribution in [0.1, 0.15) is 26.3 Å². The first-order valence-electron chi connectivity index (χ1n) is 5.59. The number of rotatable bonds is 5. The van der Waals surface area contributed by atoms with Crippen molar-refractivity contribution >= 4 is 15.9 Å². The molecule has 0 aliphatic carbocycles. The highest BCUT2D eigenvalue weighted by Crippen LogP contribution is 2.15. The lowest BCUT2D eigenvalue weighted by molar-refractivity contribution is 0.0140. The monoisotopic (exact) mass is 285 g/mol. The van der Waals surface area contributed by atoms with E-state index in [1.807, 2.05) is 32.9 Å². The molecule has 0 aliphatic heterocycles. The summed E-state index contributed by atoms with van der Waals surface area (Å²) in [7, 11) is 0. The molecule has 1 rings (SSSR count). The molecule has 2 nitrogen and oxygen atoms in total. The van der Waals surface area contributed by atoms with Crippen molar-refractivity contribution in [1.29, 1.82) is 0 Å². The molecule has 0 fully saturated rings. The fourth-order valence-corrected chi connectivity index (χ4v) is 1.76. The van der Waals surface area contributed by atoms with Gasteiger partial charge in [0.2, 0.25) is 0 Å². The fourth-order valence-electron chi connectivity index (χ4n) is 1.31. The van der Waals surface area contributed by atoms with E-state index >= 15 is 0 Å². The molecule has 1 unspecified atom stereocenters. The number of benzene rings is 1. The molecule has 2 N–H and O–H groups in total. The predicted molar refractivity (Wildman–Crippen MR) is 71.3 cm³/mol. The third kappa shape index (κ3) is 4.24. The van der Waals surface area contributed by atoms with Gasteiger partial charge in [-0.3, -0.25) is 0 Å². The van der Waals surface area contributed by atoms with Crippen LogP contribution in [0, 0.1) is 5.92 Å². The van der Waals surface area contributed by atoms with E-state index in [0.29, 0.717) is 6.54 Å². The highest BCUT2D eigenvalue weighted by molar-refractivity contribution is 9.10. The number of nitrogens with one attached hydrogen (secondary N) is 1. The lowest BCUT2D eigenvalue weighted by Crippen LogP contribution is -2.41. The van der Waals surface area contributed by atoms with E-state index in [0.717, 1.165) is 11.0 Å². The lowest BCUT2D eigenvalue weighted by atomic mass is 9.92. The van der Waals surface area contributed by atoms with E-state index in [4.69, 9.17) is 0 Å². The Morgan fingerprint density at radius 3 is 2.69 bits per heavy atom. The summed E-state index contributed by atoms with van der Waals surface area (Å²) in [5.41, 5.74) is 0.570. The van der Waals surface area contributed by atoms with E-state index in [1.165, 1.54) is 5.56 Å². The number of aliphatic hydroxyl groups is 1. The average molecular weight is 286 g/mol. The van der Waals surface area contributed by atoms with Crippen molar-refractivity contribution in [2.24, 2.45) is 5.92 Å². The highest BCUT2D eigenvalue weighted by Gasteiger charge is 2.23. The number of hydrogen-bond donors (Lipinski definition) is 2. The molecule has 0 spiro atoms. The fraction of sp³-hybridized carbons (Fsp3) is 0.538. The van der Waals surface area contributed by atoms with E-state index in [1.54, 1.807) is 0 Å². The van der Waals surface area contributed by atoms with Crippen LogP contribution in [0.4, 0.5) is 0 Å². The van der Waals surface area contributed by atoms with Crippen LogP contribution < -0.4 is 5.32 Å². The summed E-state index contributed by atoms with van der Waals surface area (Å²) in [6.07, 6.45) is 0. The number of halogens is 1. The van der Waals surface area contributed by atoms with Gasteiger partial charge in [-0.2, -0.15) is 0 Å². The third-order valence-electron chi connectivity index (χ3n) is 2.94. The van der Waals surface area contributed by atoms with Gasteiger partial charge < -0.3 is 10.4 Å². The van der Waals surface area contributed by atoms with Gasteiger partial charge >= 0.3 is 0 Å². The molecule has 1 aromatic rings. The molecular weight excluding hydrogens is 266 g/mol. The Labute approximate surface area is 106 Å². The number of hydrogen-bond acceptors (Lipinski definition) is 2. The molecule has 0 radical (unpaired) electrons. The van der Waals surface area contributed by atoms with Gasteiger partial charge in [-0.15, -0.1) is 0 Å². The minimum absolute atomic E-state index is 0.252. The van der Waals surface area contributed by atoms with Crippen LogP contribution >= 0.6 is 15.9 Å². The van der Waals surface area contributed by atoms with Crippen LogP contribution in [0.15, 0.2) is 28.7 Å². The van der Waals surface area contributed by atoms with Crippen molar-refractivity contribution in [1.82, 2.24) is 5.32 Å². The summed E-state index contributed by atoms with van der Waals surface area (Å²) in [6, 6.07) is 8.17. The quantitative estimate of drug-likeness (QED) is 0.872. The van der Waals surface area contributed by atoms with Gasteiger partial charge in [0.1, 0.15) is 0 Å². The summed E-state index contributed by atoms with van der Waals surface area (Å²) in [4.78, 5) is 0. The molecule has 3 heteroatoms. The zero-order valence-corrected chi connectivity index (χ0v) is 11.7. The van der Waals surface area contributed by atoms with Gasteiger partial charge in [0.05, 0.1) is 5.60 Å². The Morgan fingerprint density at radius 1 is 1.44 bits per heavy atom. The molecule has 0 amide bonds. The van der Waals surface area contributed by atoms with Crippen LogP contribution in [0.5, 0.6) is 0 Å². The first-order chi connectivity index (χ1) is 7.42. The SMILES string of the molecule is CC(C)C(C)(O)CNCc1cccc(Br)c1. The standard InChI is InChI=1S/C13H20BrNO/c1-10(2)13(3,16)9-15-8-11-5-4-6-12(14)7-11/h4-7,10,15-16H,8-9H2,1-3H3. The topological polar surface area (TPSA) is 32.3 Å². The zero-order chi connectivity index (χ0) is 12.2. The van der Waals surface area contributed by atoms with E-state index < -0.39 is 5.60 Å². The maximum Gasteiger partial charge on any atom is 0.0766 e. The highest BCUT2D eigenvalue weighted by atomic mass is 79.9. The predicted octanol–water partition coefficient (Wildman–Crippen LogP) is 2.95. The summed E-state index contributed by atoms with van der Waals surface area (Å²) >= 11 is 3.44. The molecule has 0 heterocycles. The second-order valence-electron chi connectivity index (χ2n) is 4.75. The first kappa shape index (κ1) is 13.7. The molecule has 0 aliphatic rings. The molecule has 0 bridgehead atoms. The molecule has 90 valence electrons. The normalized spacial score (nSPS) is 15.1. The van der Waals surface area contributed by atoms with Crippen molar-refractivity contribution in [3.63, 3.8) is 0 Å². The van der Waals surface area contributed by atoms with Crippen molar-refractivity contribution < 1.29 is 5.11 Å². The molecule has 1 atom stereocenters. The van der Waals surface area contributed by atoms with Gasteiger partial charge in [0.15, 0.2) is 0 Å². The Kier molecular flexibility index (Phi) is 4.96. The minimum Gasteiger partial charge on any atom is -0.389 e. The third-order valence-corrected chi connectivity index (χ3v) is 3.44. The molecule has 16 heavy (non-hydrogen) atoms. The summed E-state index contributed by atoms with van der Waals surface area (Å²) in [5.74, 6) is 0.252. The zero-order valence-electron chi connectivity index (χ0n) is 10.1. The van der Waals surface area contributed by atoms with Gasteiger partial charge in [-0.05, 0) is 30.5 Å². The van der Waals surface area contributed by atoms with Crippen LogP contribution in [-0.4, -0.2) is 17.3 Å². The van der Waals surface area contributed by atoms with Crippen molar-refractivity contribution in [2.75, 3.05) is 6.54 Å². The smallest absolute Gasteiger partial charge is 0.0766 e. The van der Waals surface area contributed by atoms with Crippen molar-refractivity contribution in [3.05, 3.63) is 34.3 Å². The first-order valence-corrected chi connectivity index (χ1v) is 6.38. The Hall–Kier alpha value is -0.380. The summed E-state index contributed by atoms with van der Waals surface area (Å²) in [5, 5.41) is 13.3. The second kappa shape index (κ2) is 5.80. The average Bonchev–Trinajstić information content (AvgIpc) is 2.17. The molecular formula is C13H20BrNO. The van der Waals surface area contributed by atoms with Crippen LogP contribution in [-0.2, 0) is 6.54 Å². The lowest BCUT2D eigenvalue weighted by Gasteiger charge is -2.28. The second-order valence-corrected chi connectivity index (χ2v) is 5.66. The van der Waals surface area contributed by atoms with Gasteiger partial charge in [0, 0.05) is 17.6 Å². The van der Waals surface area contributed by atoms with Crippen LogP contribution in [0.25, 0.3) is 0 Å². The molecule has 0 saturated heterocycles. The Bertz CT molecular complexity index is 336. The van der Waals surface area contributed by atoms with Crippen LogP contribution in [0.2, 0.25) is 0 Å². The molecule has 0 saturated carbocycles.